The molecular formula is C18H20N4O3S. The van der Waals surface area contributed by atoms with Gasteiger partial charge in [0.1, 0.15) is 5.52 Å². The zero-order valence-corrected chi connectivity index (χ0v) is 15.5. The third-order valence-corrected chi connectivity index (χ3v) is 5.29. The first-order valence-electron chi connectivity index (χ1n) is 8.17. The molecule has 0 spiro atoms. The summed E-state index contributed by atoms with van der Waals surface area (Å²) in [5.41, 5.74) is 9.46. The Kier molecular flexibility index (Phi) is 4.78. The molecule has 26 heavy (non-hydrogen) atoms. The molecular weight excluding hydrogens is 352 g/mol. The fourth-order valence-corrected chi connectivity index (χ4v) is 3.52. The van der Waals surface area contributed by atoms with Crippen molar-refractivity contribution in [1.82, 2.24) is 14.8 Å². The van der Waals surface area contributed by atoms with Crippen LogP contribution in [0.5, 0.6) is 0 Å². The van der Waals surface area contributed by atoms with Crippen LogP contribution >= 0.6 is 0 Å². The summed E-state index contributed by atoms with van der Waals surface area (Å²) >= 11 is 0. The van der Waals surface area contributed by atoms with Crippen molar-refractivity contribution in [2.24, 2.45) is 5.73 Å². The monoisotopic (exact) mass is 372 g/mol. The molecule has 0 radical (unpaired) electrons. The van der Waals surface area contributed by atoms with E-state index in [1.165, 1.54) is 6.26 Å². The van der Waals surface area contributed by atoms with Crippen LogP contribution < -0.4 is 5.73 Å². The van der Waals surface area contributed by atoms with Gasteiger partial charge in [-0.25, -0.2) is 13.4 Å². The Labute approximate surface area is 151 Å². The Bertz CT molecular complexity index is 1070. The lowest BCUT2D eigenvalue weighted by Gasteiger charge is -2.08. The third-order valence-electron chi connectivity index (χ3n) is 4.16. The first-order valence-corrected chi connectivity index (χ1v) is 10.1. The number of carbonyl (C=O) groups excluding carboxylic acids is 1. The van der Waals surface area contributed by atoms with Crippen molar-refractivity contribution in [2.75, 3.05) is 6.26 Å². The minimum Gasteiger partial charge on any atom is -0.370 e. The topological polar surface area (TPSA) is 108 Å². The molecule has 0 fully saturated rings. The molecule has 2 aromatic heterocycles. The second-order valence-corrected chi connectivity index (χ2v) is 8.31. The van der Waals surface area contributed by atoms with Gasteiger partial charge in [-0.1, -0.05) is 12.1 Å². The zero-order chi connectivity index (χ0) is 18.9. The molecule has 3 rings (SSSR count). The molecule has 0 saturated heterocycles. The summed E-state index contributed by atoms with van der Waals surface area (Å²) in [6.45, 7) is 2.57. The molecule has 0 bridgehead atoms. The van der Waals surface area contributed by atoms with Crippen LogP contribution in [-0.2, 0) is 21.2 Å². The van der Waals surface area contributed by atoms with E-state index < -0.39 is 9.84 Å². The minimum absolute atomic E-state index is 0.279. The van der Waals surface area contributed by atoms with Crippen LogP contribution in [0.25, 0.3) is 22.3 Å². The number of nitrogens with two attached hydrogens (primary N) is 1. The van der Waals surface area contributed by atoms with E-state index in [-0.39, 0.29) is 10.8 Å². The molecule has 0 aliphatic rings. The van der Waals surface area contributed by atoms with Crippen molar-refractivity contribution >= 4 is 26.8 Å². The van der Waals surface area contributed by atoms with E-state index >= 15 is 0 Å². The molecule has 0 unspecified atom stereocenters. The maximum Gasteiger partial charge on any atom is 0.217 e. The van der Waals surface area contributed by atoms with Crippen molar-refractivity contribution in [3.63, 3.8) is 0 Å². The van der Waals surface area contributed by atoms with Gasteiger partial charge in [-0.15, -0.1) is 0 Å². The Morgan fingerprint density at radius 1 is 1.23 bits per heavy atom. The summed E-state index contributed by atoms with van der Waals surface area (Å²) in [5, 5.41) is 4.36. The Hall–Kier alpha value is -2.74. The minimum atomic E-state index is -3.22. The van der Waals surface area contributed by atoms with Crippen molar-refractivity contribution in [2.45, 2.75) is 31.2 Å². The van der Waals surface area contributed by atoms with Gasteiger partial charge in [-0.2, -0.15) is 5.10 Å². The second kappa shape index (κ2) is 6.87. The average molecular weight is 372 g/mol. The molecule has 0 aliphatic heterocycles. The lowest BCUT2D eigenvalue weighted by atomic mass is 10.1. The SMILES string of the molecule is Cc1cc(-c2ccc(S(C)(=O)=O)cc2)nc2cnn(CCCC(N)=O)c12. The number of carbonyl (C=O) groups is 1. The Morgan fingerprint density at radius 2 is 1.92 bits per heavy atom. The molecule has 1 aromatic carbocycles. The van der Waals surface area contributed by atoms with Gasteiger partial charge in [0.25, 0.3) is 0 Å². The third kappa shape index (κ3) is 3.75. The highest BCUT2D eigenvalue weighted by Crippen LogP contribution is 2.25. The number of aryl methyl sites for hydroxylation is 2. The van der Waals surface area contributed by atoms with Gasteiger partial charge in [0.2, 0.25) is 5.91 Å². The van der Waals surface area contributed by atoms with Crippen LogP contribution in [0.4, 0.5) is 0 Å². The average Bonchev–Trinajstić information content (AvgIpc) is 2.97. The van der Waals surface area contributed by atoms with Crippen molar-refractivity contribution in [1.29, 1.82) is 0 Å². The molecule has 0 atom stereocenters. The Balaban J connectivity index is 1.93. The summed E-state index contributed by atoms with van der Waals surface area (Å²) in [7, 11) is -3.22. The van der Waals surface area contributed by atoms with Crippen LogP contribution in [0.2, 0.25) is 0 Å². The largest absolute Gasteiger partial charge is 0.370 e. The molecule has 2 N–H and O–H groups in total. The van der Waals surface area contributed by atoms with Crippen LogP contribution in [0.3, 0.4) is 0 Å². The number of hydrogen-bond donors (Lipinski definition) is 1. The van der Waals surface area contributed by atoms with Crippen molar-refractivity contribution in [3.05, 3.63) is 42.1 Å². The highest BCUT2D eigenvalue weighted by atomic mass is 32.2. The number of aromatic nitrogens is 3. The van der Waals surface area contributed by atoms with E-state index in [0.29, 0.717) is 19.4 Å². The van der Waals surface area contributed by atoms with E-state index in [4.69, 9.17) is 5.73 Å². The van der Waals surface area contributed by atoms with E-state index in [1.807, 2.05) is 17.7 Å². The van der Waals surface area contributed by atoms with Crippen LogP contribution in [0.15, 0.2) is 41.4 Å². The molecule has 0 saturated carbocycles. The number of sulfone groups is 1. The second-order valence-electron chi connectivity index (χ2n) is 6.29. The fourth-order valence-electron chi connectivity index (χ4n) is 2.89. The van der Waals surface area contributed by atoms with Gasteiger partial charge < -0.3 is 5.73 Å². The molecule has 8 heteroatoms. The van der Waals surface area contributed by atoms with E-state index in [1.54, 1.807) is 30.5 Å². The van der Waals surface area contributed by atoms with Crippen LogP contribution in [0.1, 0.15) is 18.4 Å². The molecule has 7 nitrogen and oxygen atoms in total. The summed E-state index contributed by atoms with van der Waals surface area (Å²) < 4.78 is 25.0. The maximum atomic E-state index is 11.6. The number of nitrogens with zero attached hydrogens (tertiary/aromatic N) is 3. The quantitative estimate of drug-likeness (QED) is 0.713. The van der Waals surface area contributed by atoms with Crippen molar-refractivity contribution in [3.8, 4) is 11.3 Å². The highest BCUT2D eigenvalue weighted by molar-refractivity contribution is 7.90. The van der Waals surface area contributed by atoms with E-state index in [9.17, 15) is 13.2 Å². The fraction of sp³-hybridized carbons (Fsp3) is 0.278. The number of fused-ring (bicyclic) bond motifs is 1. The van der Waals surface area contributed by atoms with E-state index in [0.717, 1.165) is 27.9 Å². The molecule has 3 aromatic rings. The molecule has 2 heterocycles. The van der Waals surface area contributed by atoms with Gasteiger partial charge in [0.05, 0.1) is 22.3 Å². The van der Waals surface area contributed by atoms with Crippen LogP contribution in [0, 0.1) is 6.92 Å². The van der Waals surface area contributed by atoms with Gasteiger partial charge in [-0.3, -0.25) is 9.48 Å². The lowest BCUT2D eigenvalue weighted by Crippen LogP contribution is -2.12. The molecule has 0 aliphatic carbocycles. The first kappa shape index (κ1) is 18.1. The number of rotatable bonds is 6. The summed E-state index contributed by atoms with van der Waals surface area (Å²) in [6, 6.07) is 8.62. The summed E-state index contributed by atoms with van der Waals surface area (Å²) in [6.07, 6.45) is 3.82. The predicted octanol–water partition coefficient (Wildman–Crippen LogP) is 2.08. The standard InChI is InChI=1S/C18H20N4O3S/c1-12-10-15(13-5-7-14(8-6-13)26(2,24)25)21-16-11-20-22(18(12)16)9-3-4-17(19)23/h5-8,10-11H,3-4,9H2,1-2H3,(H2,19,23). The van der Waals surface area contributed by atoms with Gasteiger partial charge >= 0.3 is 0 Å². The zero-order valence-electron chi connectivity index (χ0n) is 14.6. The smallest absolute Gasteiger partial charge is 0.217 e. The number of primary amides is 1. The predicted molar refractivity (Wildman–Crippen MR) is 99.2 cm³/mol. The van der Waals surface area contributed by atoms with Crippen LogP contribution in [-0.4, -0.2) is 35.3 Å². The number of hydrogen-bond acceptors (Lipinski definition) is 5. The first-order chi connectivity index (χ1) is 12.3. The van der Waals surface area contributed by atoms with Crippen molar-refractivity contribution < 1.29 is 13.2 Å². The highest BCUT2D eigenvalue weighted by Gasteiger charge is 2.12. The van der Waals surface area contributed by atoms with Gasteiger partial charge in [-0.05, 0) is 37.1 Å². The molecule has 1 amide bonds. The summed E-state index contributed by atoms with van der Waals surface area (Å²) in [4.78, 5) is 15.8. The lowest BCUT2D eigenvalue weighted by molar-refractivity contribution is -0.118. The van der Waals surface area contributed by atoms with E-state index in [2.05, 4.69) is 10.1 Å². The number of pyridine rings is 1. The molecule has 136 valence electrons. The Morgan fingerprint density at radius 3 is 2.54 bits per heavy atom. The maximum absolute atomic E-state index is 11.6. The summed E-state index contributed by atoms with van der Waals surface area (Å²) in [5.74, 6) is -0.323. The number of benzene rings is 1. The number of amides is 1. The van der Waals surface area contributed by atoms with Gasteiger partial charge in [0, 0.05) is 24.8 Å². The van der Waals surface area contributed by atoms with Gasteiger partial charge in [0.15, 0.2) is 9.84 Å². The normalized spacial score (nSPS) is 11.8.